The van der Waals surface area contributed by atoms with Gasteiger partial charge < -0.3 is 0 Å². The van der Waals surface area contributed by atoms with Gasteiger partial charge in [0, 0.05) is 17.3 Å². The lowest BCUT2D eigenvalue weighted by atomic mass is 10.3. The van der Waals surface area contributed by atoms with E-state index in [1.165, 1.54) is 5.56 Å². The summed E-state index contributed by atoms with van der Waals surface area (Å²) in [6, 6.07) is 2.04. The van der Waals surface area contributed by atoms with Gasteiger partial charge in [0.15, 0.2) is 0 Å². The SMILES string of the molecule is CSCc1cnc(Cl)c(P)c1. The minimum absolute atomic E-state index is 0.569. The van der Waals surface area contributed by atoms with E-state index in [1.807, 2.05) is 12.3 Å². The number of thioether (sulfide) groups is 1. The molecular formula is C7H9ClNPS. The van der Waals surface area contributed by atoms with E-state index in [0.717, 1.165) is 11.1 Å². The third kappa shape index (κ3) is 2.62. The van der Waals surface area contributed by atoms with Crippen LogP contribution < -0.4 is 5.30 Å². The molecule has 0 saturated heterocycles. The van der Waals surface area contributed by atoms with Crippen molar-refractivity contribution in [3.05, 3.63) is 23.0 Å². The number of hydrogen-bond donors (Lipinski definition) is 0. The second kappa shape index (κ2) is 4.30. The zero-order chi connectivity index (χ0) is 8.27. The summed E-state index contributed by atoms with van der Waals surface area (Å²) in [5, 5.41) is 1.54. The van der Waals surface area contributed by atoms with Gasteiger partial charge >= 0.3 is 0 Å². The van der Waals surface area contributed by atoms with Gasteiger partial charge in [0.25, 0.3) is 0 Å². The van der Waals surface area contributed by atoms with Gasteiger partial charge in [-0.25, -0.2) is 4.98 Å². The van der Waals surface area contributed by atoms with Gasteiger partial charge in [-0.15, -0.1) is 9.24 Å². The lowest BCUT2D eigenvalue weighted by molar-refractivity contribution is 1.27. The fraction of sp³-hybridized carbons (Fsp3) is 0.286. The Morgan fingerprint density at radius 3 is 3.00 bits per heavy atom. The Kier molecular flexibility index (Phi) is 3.64. The lowest BCUT2D eigenvalue weighted by Gasteiger charge is -2.00. The van der Waals surface area contributed by atoms with Gasteiger partial charge in [-0.05, 0) is 17.9 Å². The van der Waals surface area contributed by atoms with Crippen LogP contribution in [0.2, 0.25) is 5.15 Å². The zero-order valence-electron chi connectivity index (χ0n) is 6.17. The molecule has 1 unspecified atom stereocenters. The number of aromatic nitrogens is 1. The van der Waals surface area contributed by atoms with Crippen LogP contribution in [0.5, 0.6) is 0 Å². The molecule has 1 aromatic rings. The largest absolute Gasteiger partial charge is 0.244 e. The first-order valence-electron chi connectivity index (χ1n) is 3.13. The molecular weight excluding hydrogens is 197 g/mol. The van der Waals surface area contributed by atoms with Gasteiger partial charge in [0.1, 0.15) is 5.15 Å². The molecule has 0 amide bonds. The summed E-state index contributed by atoms with van der Waals surface area (Å²) >= 11 is 7.52. The first-order chi connectivity index (χ1) is 5.24. The Balaban J connectivity index is 2.86. The Morgan fingerprint density at radius 1 is 1.73 bits per heavy atom. The molecule has 0 spiro atoms. The first kappa shape index (κ1) is 9.31. The van der Waals surface area contributed by atoms with E-state index in [-0.39, 0.29) is 0 Å². The van der Waals surface area contributed by atoms with Crippen LogP contribution in [0.15, 0.2) is 12.3 Å². The molecule has 11 heavy (non-hydrogen) atoms. The quantitative estimate of drug-likeness (QED) is 0.542. The van der Waals surface area contributed by atoms with Gasteiger partial charge in [-0.3, -0.25) is 0 Å². The average molecular weight is 206 g/mol. The predicted octanol–water partition coefficient (Wildman–Crippen LogP) is 2.10. The van der Waals surface area contributed by atoms with Gasteiger partial charge in [0.05, 0.1) is 0 Å². The maximum atomic E-state index is 5.74. The summed E-state index contributed by atoms with van der Waals surface area (Å²) in [5.74, 6) is 0.992. The highest BCUT2D eigenvalue weighted by molar-refractivity contribution is 7.97. The van der Waals surface area contributed by atoms with Crippen LogP contribution in [-0.2, 0) is 5.75 Å². The molecule has 1 aromatic heterocycles. The number of nitrogens with zero attached hydrogens (tertiary/aromatic N) is 1. The van der Waals surface area contributed by atoms with Crippen LogP contribution in [0.4, 0.5) is 0 Å². The van der Waals surface area contributed by atoms with Crippen molar-refractivity contribution in [2.24, 2.45) is 0 Å². The van der Waals surface area contributed by atoms with Crippen molar-refractivity contribution in [3.8, 4) is 0 Å². The third-order valence-corrected chi connectivity index (χ3v) is 2.79. The summed E-state index contributed by atoms with van der Waals surface area (Å²) in [4.78, 5) is 4.03. The topological polar surface area (TPSA) is 12.9 Å². The highest BCUT2D eigenvalue weighted by atomic mass is 35.5. The Labute approximate surface area is 78.1 Å². The monoisotopic (exact) mass is 205 g/mol. The summed E-state index contributed by atoms with van der Waals surface area (Å²) in [7, 11) is 2.57. The van der Waals surface area contributed by atoms with Gasteiger partial charge in [-0.1, -0.05) is 11.6 Å². The fourth-order valence-corrected chi connectivity index (χ4v) is 1.64. The maximum absolute atomic E-state index is 5.74. The zero-order valence-corrected chi connectivity index (χ0v) is 8.90. The van der Waals surface area contributed by atoms with Crippen LogP contribution in [-0.4, -0.2) is 11.2 Å². The molecule has 0 N–H and O–H groups in total. The van der Waals surface area contributed by atoms with Crippen molar-refractivity contribution in [2.75, 3.05) is 6.26 Å². The second-order valence-corrected chi connectivity index (χ2v) is 4.00. The molecule has 60 valence electrons. The summed E-state index contributed by atoms with van der Waals surface area (Å²) in [5.41, 5.74) is 1.21. The normalized spacial score (nSPS) is 10.1. The molecule has 0 saturated carbocycles. The van der Waals surface area contributed by atoms with E-state index in [1.54, 1.807) is 11.8 Å². The molecule has 0 fully saturated rings. The summed E-state index contributed by atoms with van der Waals surface area (Å²) < 4.78 is 0. The summed E-state index contributed by atoms with van der Waals surface area (Å²) in [6.45, 7) is 0. The molecule has 0 aromatic carbocycles. The molecule has 4 heteroatoms. The minimum Gasteiger partial charge on any atom is -0.244 e. The van der Waals surface area contributed by atoms with Crippen LogP contribution in [0.1, 0.15) is 5.56 Å². The molecule has 1 atom stereocenters. The molecule has 0 aliphatic rings. The van der Waals surface area contributed by atoms with Gasteiger partial charge in [0.2, 0.25) is 0 Å². The predicted molar refractivity (Wildman–Crippen MR) is 55.8 cm³/mol. The van der Waals surface area contributed by atoms with E-state index < -0.39 is 0 Å². The molecule has 1 rings (SSSR count). The Hall–Kier alpha value is 0.220. The van der Waals surface area contributed by atoms with Crippen molar-refractivity contribution in [2.45, 2.75) is 5.75 Å². The van der Waals surface area contributed by atoms with E-state index >= 15 is 0 Å². The molecule has 0 radical (unpaired) electrons. The van der Waals surface area contributed by atoms with Crippen molar-refractivity contribution < 1.29 is 0 Å². The maximum Gasteiger partial charge on any atom is 0.136 e. The number of halogens is 1. The molecule has 1 nitrogen and oxygen atoms in total. The van der Waals surface area contributed by atoms with Crippen molar-refractivity contribution in [1.82, 2.24) is 4.98 Å². The Bertz CT molecular complexity index is 254. The molecule has 0 aliphatic heterocycles. The van der Waals surface area contributed by atoms with Crippen molar-refractivity contribution in [1.29, 1.82) is 0 Å². The molecule has 1 heterocycles. The number of pyridine rings is 1. The van der Waals surface area contributed by atoms with Gasteiger partial charge in [-0.2, -0.15) is 11.8 Å². The van der Waals surface area contributed by atoms with Crippen molar-refractivity contribution >= 4 is 37.9 Å². The van der Waals surface area contributed by atoms with E-state index in [2.05, 4.69) is 20.5 Å². The highest BCUT2D eigenvalue weighted by Gasteiger charge is 1.97. The fourth-order valence-electron chi connectivity index (χ4n) is 0.756. The van der Waals surface area contributed by atoms with Crippen LogP contribution in [0.3, 0.4) is 0 Å². The highest BCUT2D eigenvalue weighted by Crippen LogP contribution is 2.11. The summed E-state index contributed by atoms with van der Waals surface area (Å²) in [6.07, 6.45) is 3.88. The van der Waals surface area contributed by atoms with Crippen LogP contribution >= 0.6 is 32.6 Å². The average Bonchev–Trinajstić information content (AvgIpc) is 1.98. The van der Waals surface area contributed by atoms with E-state index in [9.17, 15) is 0 Å². The Morgan fingerprint density at radius 2 is 2.45 bits per heavy atom. The van der Waals surface area contributed by atoms with E-state index in [4.69, 9.17) is 11.6 Å². The van der Waals surface area contributed by atoms with Crippen LogP contribution in [0, 0.1) is 0 Å². The molecule has 0 aliphatic carbocycles. The van der Waals surface area contributed by atoms with Crippen LogP contribution in [0.25, 0.3) is 0 Å². The number of rotatable bonds is 2. The third-order valence-electron chi connectivity index (χ3n) is 1.23. The van der Waals surface area contributed by atoms with E-state index in [0.29, 0.717) is 5.15 Å². The second-order valence-electron chi connectivity index (χ2n) is 2.16. The van der Waals surface area contributed by atoms with Crippen molar-refractivity contribution in [3.63, 3.8) is 0 Å². The standard InChI is InChI=1S/C7H9ClNPS/c1-11-4-5-2-6(10)7(8)9-3-5/h2-3H,4,10H2,1H3. The molecule has 0 bridgehead atoms. The smallest absolute Gasteiger partial charge is 0.136 e. The lowest BCUT2D eigenvalue weighted by Crippen LogP contribution is -1.97. The minimum atomic E-state index is 0.569. The first-order valence-corrected chi connectivity index (χ1v) is 5.48. The number of hydrogen-bond acceptors (Lipinski definition) is 2.